The third-order valence-electron chi connectivity index (χ3n) is 3.83. The molecule has 2 heteroatoms. The summed E-state index contributed by atoms with van der Waals surface area (Å²) in [6, 6.07) is 2.41. The minimum atomic E-state index is -0.116. The van der Waals surface area contributed by atoms with E-state index in [-0.39, 0.29) is 12.0 Å². The molecule has 2 aliphatic rings. The van der Waals surface area contributed by atoms with Gasteiger partial charge in [0.25, 0.3) is 0 Å². The van der Waals surface area contributed by atoms with Crippen LogP contribution >= 0.6 is 0 Å². The van der Waals surface area contributed by atoms with E-state index in [2.05, 4.69) is 6.07 Å². The largest absolute Gasteiger partial charge is 0.393 e. The average Bonchev–Trinajstić information content (AvgIpc) is 2.19. The predicted molar refractivity (Wildman–Crippen MR) is 49.8 cm³/mol. The van der Waals surface area contributed by atoms with E-state index in [1.54, 1.807) is 0 Å². The van der Waals surface area contributed by atoms with E-state index in [4.69, 9.17) is 5.26 Å². The third-order valence-corrected chi connectivity index (χ3v) is 3.83. The van der Waals surface area contributed by atoms with Crippen molar-refractivity contribution in [3.8, 4) is 6.07 Å². The fourth-order valence-electron chi connectivity index (χ4n) is 3.10. The van der Waals surface area contributed by atoms with Crippen LogP contribution in [0.1, 0.15) is 38.5 Å². The molecule has 72 valence electrons. The van der Waals surface area contributed by atoms with Gasteiger partial charge in [0.2, 0.25) is 0 Å². The lowest BCUT2D eigenvalue weighted by Gasteiger charge is -2.41. The molecule has 0 aromatic heterocycles. The molecule has 2 rings (SSSR count). The minimum Gasteiger partial charge on any atom is -0.393 e. The maximum atomic E-state index is 9.81. The highest BCUT2D eigenvalue weighted by atomic mass is 16.3. The lowest BCUT2D eigenvalue weighted by Crippen LogP contribution is -2.39. The van der Waals surface area contributed by atoms with Crippen molar-refractivity contribution in [2.45, 2.75) is 44.6 Å². The van der Waals surface area contributed by atoms with Gasteiger partial charge in [0.15, 0.2) is 0 Å². The number of aliphatic hydroxyl groups is 1. The number of hydrogen-bond donors (Lipinski definition) is 1. The van der Waals surface area contributed by atoms with E-state index in [1.807, 2.05) is 0 Å². The van der Waals surface area contributed by atoms with Crippen LogP contribution in [0.15, 0.2) is 0 Å². The number of rotatable bonds is 0. The van der Waals surface area contributed by atoms with E-state index >= 15 is 0 Å². The molecule has 2 saturated carbocycles. The van der Waals surface area contributed by atoms with Crippen molar-refractivity contribution < 1.29 is 5.11 Å². The number of hydrogen-bond acceptors (Lipinski definition) is 2. The summed E-state index contributed by atoms with van der Waals surface area (Å²) in [5.41, 5.74) is 0. The van der Waals surface area contributed by atoms with Gasteiger partial charge in [-0.05, 0) is 37.5 Å². The molecule has 0 radical (unpaired) electrons. The van der Waals surface area contributed by atoms with Crippen LogP contribution in [0.2, 0.25) is 0 Å². The first kappa shape index (κ1) is 9.02. The first-order chi connectivity index (χ1) is 6.33. The molecule has 0 heterocycles. The van der Waals surface area contributed by atoms with Gasteiger partial charge in [-0.1, -0.05) is 12.8 Å². The maximum absolute atomic E-state index is 9.81. The highest BCUT2D eigenvalue weighted by Gasteiger charge is 2.39. The topological polar surface area (TPSA) is 44.0 Å². The molecule has 2 aliphatic carbocycles. The summed E-state index contributed by atoms with van der Waals surface area (Å²) in [6.45, 7) is 0. The fraction of sp³-hybridized carbons (Fsp3) is 0.909. The zero-order valence-electron chi connectivity index (χ0n) is 7.95. The van der Waals surface area contributed by atoms with Crippen LogP contribution < -0.4 is 0 Å². The summed E-state index contributed by atoms with van der Waals surface area (Å²) >= 11 is 0. The van der Waals surface area contributed by atoms with E-state index in [0.29, 0.717) is 11.8 Å². The van der Waals surface area contributed by atoms with Crippen molar-refractivity contribution >= 4 is 0 Å². The van der Waals surface area contributed by atoms with Crippen LogP contribution in [0.3, 0.4) is 0 Å². The van der Waals surface area contributed by atoms with Crippen molar-refractivity contribution in [2.75, 3.05) is 0 Å². The molecule has 13 heavy (non-hydrogen) atoms. The number of aliphatic hydroxyl groups excluding tert-OH is 1. The van der Waals surface area contributed by atoms with Crippen LogP contribution in [-0.4, -0.2) is 11.2 Å². The van der Waals surface area contributed by atoms with E-state index in [0.717, 1.165) is 19.3 Å². The molecule has 0 amide bonds. The lowest BCUT2D eigenvalue weighted by molar-refractivity contribution is -0.00680. The highest BCUT2D eigenvalue weighted by molar-refractivity contribution is 4.98. The van der Waals surface area contributed by atoms with Crippen LogP contribution in [0.4, 0.5) is 0 Å². The molecular weight excluding hydrogens is 162 g/mol. The van der Waals surface area contributed by atoms with Crippen LogP contribution in [0.25, 0.3) is 0 Å². The molecule has 0 bridgehead atoms. The van der Waals surface area contributed by atoms with Crippen molar-refractivity contribution in [3.05, 3.63) is 0 Å². The monoisotopic (exact) mass is 179 g/mol. The SMILES string of the molecule is N#C[C@H]1CC[C@H](O)[C@H]2CCCC[C@@H]21. The Morgan fingerprint density at radius 1 is 1.00 bits per heavy atom. The smallest absolute Gasteiger partial charge is 0.0658 e. The zero-order chi connectivity index (χ0) is 9.26. The Morgan fingerprint density at radius 3 is 2.38 bits per heavy atom. The average molecular weight is 179 g/mol. The van der Waals surface area contributed by atoms with Crippen molar-refractivity contribution in [2.24, 2.45) is 17.8 Å². The van der Waals surface area contributed by atoms with Crippen LogP contribution in [0, 0.1) is 29.1 Å². The molecule has 0 aromatic carbocycles. The highest BCUT2D eigenvalue weighted by Crippen LogP contribution is 2.43. The molecule has 2 fully saturated rings. The Balaban J connectivity index is 2.10. The third kappa shape index (κ3) is 1.58. The Hall–Kier alpha value is -0.550. The molecule has 4 atom stereocenters. The van der Waals surface area contributed by atoms with Crippen molar-refractivity contribution in [3.63, 3.8) is 0 Å². The van der Waals surface area contributed by atoms with Gasteiger partial charge in [-0.25, -0.2) is 0 Å². The predicted octanol–water partition coefficient (Wildman–Crippen LogP) is 2.09. The van der Waals surface area contributed by atoms with Gasteiger partial charge in [-0.3, -0.25) is 0 Å². The lowest BCUT2D eigenvalue weighted by atomic mass is 9.65. The summed E-state index contributed by atoms with van der Waals surface area (Å²) in [5.74, 6) is 1.17. The summed E-state index contributed by atoms with van der Waals surface area (Å²) in [4.78, 5) is 0. The molecular formula is C11H17NO. The normalized spacial score (nSPS) is 44.9. The van der Waals surface area contributed by atoms with Crippen molar-refractivity contribution in [1.29, 1.82) is 5.26 Å². The molecule has 0 aromatic rings. The van der Waals surface area contributed by atoms with Gasteiger partial charge in [0.1, 0.15) is 0 Å². The Kier molecular flexibility index (Phi) is 2.55. The molecule has 0 saturated heterocycles. The summed E-state index contributed by atoms with van der Waals surface area (Å²) < 4.78 is 0. The Labute approximate surface area is 79.6 Å². The van der Waals surface area contributed by atoms with E-state index < -0.39 is 0 Å². The number of fused-ring (bicyclic) bond motifs is 1. The molecule has 0 spiro atoms. The second-order valence-corrected chi connectivity index (χ2v) is 4.49. The first-order valence-corrected chi connectivity index (χ1v) is 5.40. The van der Waals surface area contributed by atoms with Crippen LogP contribution in [0.5, 0.6) is 0 Å². The standard InChI is InChI=1S/C11H17NO/c12-7-8-5-6-11(13)10-4-2-1-3-9(8)10/h8-11,13H,1-6H2/t8-,9-,10+,11+/m1/s1. The minimum absolute atomic E-state index is 0.116. The zero-order valence-corrected chi connectivity index (χ0v) is 7.95. The molecule has 0 unspecified atom stereocenters. The quantitative estimate of drug-likeness (QED) is 0.618. The van der Waals surface area contributed by atoms with Gasteiger partial charge >= 0.3 is 0 Å². The second kappa shape index (κ2) is 3.67. The van der Waals surface area contributed by atoms with Crippen LogP contribution in [-0.2, 0) is 0 Å². The van der Waals surface area contributed by atoms with Gasteiger partial charge in [0, 0.05) is 5.92 Å². The number of nitriles is 1. The van der Waals surface area contributed by atoms with Gasteiger partial charge in [0.05, 0.1) is 12.2 Å². The summed E-state index contributed by atoms with van der Waals surface area (Å²) in [5, 5.41) is 18.8. The second-order valence-electron chi connectivity index (χ2n) is 4.49. The van der Waals surface area contributed by atoms with E-state index in [9.17, 15) is 5.11 Å². The van der Waals surface area contributed by atoms with Crippen molar-refractivity contribution in [1.82, 2.24) is 0 Å². The fourth-order valence-corrected chi connectivity index (χ4v) is 3.10. The molecule has 1 N–H and O–H groups in total. The van der Waals surface area contributed by atoms with Gasteiger partial charge in [-0.2, -0.15) is 5.26 Å². The Bertz CT molecular complexity index is 221. The van der Waals surface area contributed by atoms with E-state index in [1.165, 1.54) is 19.3 Å². The molecule has 2 nitrogen and oxygen atoms in total. The van der Waals surface area contributed by atoms with Gasteiger partial charge < -0.3 is 5.11 Å². The first-order valence-electron chi connectivity index (χ1n) is 5.40. The molecule has 0 aliphatic heterocycles. The maximum Gasteiger partial charge on any atom is 0.0658 e. The summed E-state index contributed by atoms with van der Waals surface area (Å²) in [7, 11) is 0. The Morgan fingerprint density at radius 2 is 1.69 bits per heavy atom. The number of nitrogens with zero attached hydrogens (tertiary/aromatic N) is 1. The van der Waals surface area contributed by atoms with Gasteiger partial charge in [-0.15, -0.1) is 0 Å². The summed E-state index contributed by atoms with van der Waals surface area (Å²) in [6.07, 6.45) is 6.46.